The van der Waals surface area contributed by atoms with E-state index in [1.165, 1.54) is 22.5 Å². The van der Waals surface area contributed by atoms with Crippen molar-refractivity contribution in [2.24, 2.45) is 0 Å². The van der Waals surface area contributed by atoms with Crippen molar-refractivity contribution in [1.82, 2.24) is 9.29 Å². The van der Waals surface area contributed by atoms with Crippen LogP contribution in [0.4, 0.5) is 18.9 Å². The number of carbonyl (C=O) groups excluding carboxylic acids is 1. The molecule has 1 amide bonds. The van der Waals surface area contributed by atoms with E-state index < -0.39 is 32.7 Å². The minimum atomic E-state index is -4.75. The average molecular weight is 421 g/mol. The fourth-order valence-corrected chi connectivity index (χ4v) is 4.87. The lowest BCUT2D eigenvalue weighted by atomic mass is 10.2. The monoisotopic (exact) mass is 421 g/mol. The van der Waals surface area contributed by atoms with Crippen molar-refractivity contribution in [1.29, 1.82) is 0 Å². The van der Waals surface area contributed by atoms with Crippen LogP contribution in [0.5, 0.6) is 0 Å². The molecule has 1 N–H and O–H groups in total. The van der Waals surface area contributed by atoms with Gasteiger partial charge in [0.1, 0.15) is 4.88 Å². The highest BCUT2D eigenvalue weighted by atomic mass is 32.2. The van der Waals surface area contributed by atoms with Crippen LogP contribution in [-0.4, -0.2) is 36.7 Å². The molecular formula is C16H18F3N3O3S2. The molecular weight excluding hydrogens is 403 g/mol. The molecule has 27 heavy (non-hydrogen) atoms. The Kier molecular flexibility index (Phi) is 6.28. The summed E-state index contributed by atoms with van der Waals surface area (Å²) in [5, 5.41) is 2.32. The zero-order chi connectivity index (χ0) is 20.4. The molecule has 0 atom stereocenters. The summed E-state index contributed by atoms with van der Waals surface area (Å²) >= 11 is 0.559. The van der Waals surface area contributed by atoms with Crippen LogP contribution in [0.15, 0.2) is 28.6 Å². The van der Waals surface area contributed by atoms with Gasteiger partial charge in [-0.25, -0.2) is 13.4 Å². The molecule has 0 bridgehead atoms. The van der Waals surface area contributed by atoms with Crippen LogP contribution < -0.4 is 5.32 Å². The van der Waals surface area contributed by atoms with E-state index in [-0.39, 0.29) is 23.7 Å². The third kappa shape index (κ3) is 4.47. The molecule has 1 aromatic heterocycles. The predicted octanol–water partition coefficient (Wildman–Crippen LogP) is 3.75. The Balaban J connectivity index is 2.37. The van der Waals surface area contributed by atoms with E-state index in [9.17, 15) is 26.4 Å². The van der Waals surface area contributed by atoms with Crippen molar-refractivity contribution in [2.75, 3.05) is 18.4 Å². The number of sulfonamides is 1. The number of halogens is 3. The third-order valence-electron chi connectivity index (χ3n) is 3.81. The fourth-order valence-electron chi connectivity index (χ4n) is 2.46. The van der Waals surface area contributed by atoms with Gasteiger partial charge in [-0.3, -0.25) is 4.79 Å². The third-order valence-corrected chi connectivity index (χ3v) is 6.83. The standard InChI is InChI=1S/C16H18F3N3O3S2/c1-4-22(5-2)27(24,25)12-8-11(7-6-10(12)3)21-15(23)13-14(16(17,18)19)20-9-26-13/h6-9H,4-5H2,1-3H3,(H,21,23). The van der Waals surface area contributed by atoms with Crippen LogP contribution in [-0.2, 0) is 16.2 Å². The van der Waals surface area contributed by atoms with Crippen LogP contribution in [0.1, 0.15) is 34.8 Å². The van der Waals surface area contributed by atoms with E-state index in [1.54, 1.807) is 20.8 Å². The van der Waals surface area contributed by atoms with Gasteiger partial charge in [-0.1, -0.05) is 19.9 Å². The summed E-state index contributed by atoms with van der Waals surface area (Å²) in [5.41, 5.74) is 0.211. The Morgan fingerprint density at radius 3 is 2.44 bits per heavy atom. The lowest BCUT2D eigenvalue weighted by Crippen LogP contribution is -2.31. The second-order valence-corrected chi connectivity index (χ2v) is 8.31. The van der Waals surface area contributed by atoms with E-state index in [0.717, 1.165) is 5.51 Å². The largest absolute Gasteiger partial charge is 0.434 e. The Labute approximate surface area is 159 Å². The lowest BCUT2D eigenvalue weighted by Gasteiger charge is -2.20. The molecule has 0 saturated carbocycles. The number of aromatic nitrogens is 1. The van der Waals surface area contributed by atoms with Gasteiger partial charge >= 0.3 is 6.18 Å². The molecule has 0 spiro atoms. The lowest BCUT2D eigenvalue weighted by molar-refractivity contribution is -0.141. The van der Waals surface area contributed by atoms with E-state index in [1.807, 2.05) is 0 Å². The highest BCUT2D eigenvalue weighted by Crippen LogP contribution is 2.33. The second kappa shape index (κ2) is 7.95. The maximum atomic E-state index is 12.9. The van der Waals surface area contributed by atoms with Crippen LogP contribution >= 0.6 is 11.3 Å². The van der Waals surface area contributed by atoms with Gasteiger partial charge in [0.05, 0.1) is 10.4 Å². The molecule has 0 saturated heterocycles. The molecule has 2 rings (SSSR count). The van der Waals surface area contributed by atoms with E-state index in [4.69, 9.17) is 0 Å². The number of carbonyl (C=O) groups is 1. The van der Waals surface area contributed by atoms with E-state index in [2.05, 4.69) is 10.3 Å². The van der Waals surface area contributed by atoms with Gasteiger partial charge < -0.3 is 5.32 Å². The zero-order valence-electron chi connectivity index (χ0n) is 14.8. The smallest absolute Gasteiger partial charge is 0.321 e. The molecule has 0 aliphatic carbocycles. The Hall–Kier alpha value is -1.98. The number of hydrogen-bond acceptors (Lipinski definition) is 5. The van der Waals surface area contributed by atoms with Gasteiger partial charge in [0.25, 0.3) is 5.91 Å². The SMILES string of the molecule is CCN(CC)S(=O)(=O)c1cc(NC(=O)c2scnc2C(F)(F)F)ccc1C. The Morgan fingerprint density at radius 1 is 1.26 bits per heavy atom. The summed E-state index contributed by atoms with van der Waals surface area (Å²) in [5.74, 6) is -1.00. The predicted molar refractivity (Wildman–Crippen MR) is 96.4 cm³/mol. The van der Waals surface area contributed by atoms with Gasteiger partial charge in [-0.2, -0.15) is 17.5 Å². The van der Waals surface area contributed by atoms with Crippen LogP contribution in [0.3, 0.4) is 0 Å². The van der Waals surface area contributed by atoms with Gasteiger partial charge in [0.2, 0.25) is 10.0 Å². The number of thiazole rings is 1. The molecule has 148 valence electrons. The topological polar surface area (TPSA) is 79.4 Å². The highest BCUT2D eigenvalue weighted by Gasteiger charge is 2.38. The van der Waals surface area contributed by atoms with Crippen LogP contribution in [0.25, 0.3) is 0 Å². The van der Waals surface area contributed by atoms with Gasteiger partial charge in [0.15, 0.2) is 5.69 Å². The molecule has 1 aromatic carbocycles. The van der Waals surface area contributed by atoms with Gasteiger partial charge in [0, 0.05) is 18.8 Å². The zero-order valence-corrected chi connectivity index (χ0v) is 16.4. The van der Waals surface area contributed by atoms with Gasteiger partial charge in [-0.15, -0.1) is 11.3 Å². The van der Waals surface area contributed by atoms with Crippen molar-refractivity contribution in [3.05, 3.63) is 39.8 Å². The van der Waals surface area contributed by atoms with E-state index in [0.29, 0.717) is 16.9 Å². The number of hydrogen-bond donors (Lipinski definition) is 1. The summed E-state index contributed by atoms with van der Waals surface area (Å²) in [4.78, 5) is 14.8. The van der Waals surface area contributed by atoms with Crippen molar-refractivity contribution in [3.63, 3.8) is 0 Å². The van der Waals surface area contributed by atoms with Gasteiger partial charge in [-0.05, 0) is 24.6 Å². The average Bonchev–Trinajstić information content (AvgIpc) is 3.07. The number of benzene rings is 1. The number of nitrogens with one attached hydrogen (secondary N) is 1. The Morgan fingerprint density at radius 2 is 1.89 bits per heavy atom. The Bertz CT molecular complexity index is 936. The first-order valence-electron chi connectivity index (χ1n) is 7.95. The molecule has 6 nitrogen and oxygen atoms in total. The van der Waals surface area contributed by atoms with Crippen LogP contribution in [0, 0.1) is 6.92 Å². The summed E-state index contributed by atoms with van der Waals surface area (Å²) in [6.45, 7) is 5.54. The summed E-state index contributed by atoms with van der Waals surface area (Å²) in [6.07, 6.45) is -4.75. The minimum Gasteiger partial charge on any atom is -0.321 e. The van der Waals surface area contributed by atoms with Crippen molar-refractivity contribution in [2.45, 2.75) is 31.8 Å². The first kappa shape index (κ1) is 21.3. The molecule has 0 aliphatic rings. The number of amides is 1. The normalized spacial score (nSPS) is 12.4. The molecule has 0 aliphatic heterocycles. The van der Waals surface area contributed by atoms with Crippen molar-refractivity contribution < 1.29 is 26.4 Å². The first-order chi connectivity index (χ1) is 12.5. The number of nitrogens with zero attached hydrogens (tertiary/aromatic N) is 2. The van der Waals surface area contributed by atoms with Crippen molar-refractivity contribution >= 4 is 33.0 Å². The number of rotatable bonds is 6. The number of aryl methyl sites for hydroxylation is 1. The molecule has 1 heterocycles. The summed E-state index contributed by atoms with van der Waals surface area (Å²) in [7, 11) is -3.78. The number of alkyl halides is 3. The maximum absolute atomic E-state index is 12.9. The van der Waals surface area contributed by atoms with E-state index >= 15 is 0 Å². The molecule has 0 unspecified atom stereocenters. The highest BCUT2D eigenvalue weighted by molar-refractivity contribution is 7.89. The quantitative estimate of drug-likeness (QED) is 0.770. The molecule has 11 heteroatoms. The van der Waals surface area contributed by atoms with Crippen molar-refractivity contribution in [3.8, 4) is 0 Å². The molecule has 2 aromatic rings. The molecule has 0 fully saturated rings. The fraction of sp³-hybridized carbons (Fsp3) is 0.375. The minimum absolute atomic E-state index is 0.00986. The summed E-state index contributed by atoms with van der Waals surface area (Å²) in [6, 6.07) is 4.17. The van der Waals surface area contributed by atoms with Crippen LogP contribution in [0.2, 0.25) is 0 Å². The molecule has 0 radical (unpaired) electrons. The maximum Gasteiger partial charge on any atom is 0.434 e. The first-order valence-corrected chi connectivity index (χ1v) is 10.3. The summed E-state index contributed by atoms with van der Waals surface area (Å²) < 4.78 is 65.4. The second-order valence-electron chi connectivity index (χ2n) is 5.55. The number of anilines is 1.